The SMILES string of the molecule is CCn1c([C@H]2CCCN(Cc3ccc4c(c3)OCCO4)C2)nn(C)c1=O. The summed E-state index contributed by atoms with van der Waals surface area (Å²) in [6.45, 7) is 6.75. The maximum Gasteiger partial charge on any atom is 0.345 e. The Morgan fingerprint density at radius 1 is 1.23 bits per heavy atom. The van der Waals surface area contributed by atoms with Crippen molar-refractivity contribution in [1.29, 1.82) is 0 Å². The molecule has 1 aromatic heterocycles. The molecule has 0 unspecified atom stereocenters. The van der Waals surface area contributed by atoms with E-state index in [4.69, 9.17) is 9.47 Å². The van der Waals surface area contributed by atoms with Crippen molar-refractivity contribution in [2.45, 2.75) is 38.8 Å². The Morgan fingerprint density at radius 3 is 2.85 bits per heavy atom. The van der Waals surface area contributed by atoms with E-state index in [0.717, 1.165) is 49.8 Å². The first-order valence-corrected chi connectivity index (χ1v) is 9.40. The molecule has 2 aromatic rings. The van der Waals surface area contributed by atoms with E-state index < -0.39 is 0 Å². The molecule has 26 heavy (non-hydrogen) atoms. The highest BCUT2D eigenvalue weighted by atomic mass is 16.6. The average Bonchev–Trinajstić information content (AvgIpc) is 2.96. The molecule has 3 heterocycles. The predicted octanol–water partition coefficient (Wildman–Crippen LogP) is 1.75. The number of fused-ring (bicyclic) bond motifs is 1. The number of benzene rings is 1. The summed E-state index contributed by atoms with van der Waals surface area (Å²) in [6, 6.07) is 6.19. The van der Waals surface area contributed by atoms with E-state index in [1.807, 2.05) is 13.0 Å². The van der Waals surface area contributed by atoms with E-state index in [-0.39, 0.29) is 5.69 Å². The van der Waals surface area contributed by atoms with Crippen LogP contribution in [0.5, 0.6) is 11.5 Å². The van der Waals surface area contributed by atoms with Crippen LogP contribution in [0.2, 0.25) is 0 Å². The van der Waals surface area contributed by atoms with Crippen LogP contribution in [0.1, 0.15) is 37.1 Å². The van der Waals surface area contributed by atoms with E-state index in [2.05, 4.69) is 22.1 Å². The molecule has 2 aliphatic heterocycles. The molecule has 0 radical (unpaired) electrons. The molecule has 0 saturated carbocycles. The summed E-state index contributed by atoms with van der Waals surface area (Å²) in [7, 11) is 1.73. The summed E-state index contributed by atoms with van der Waals surface area (Å²) < 4.78 is 14.6. The van der Waals surface area contributed by atoms with Crippen LogP contribution in [0.25, 0.3) is 0 Å². The first kappa shape index (κ1) is 17.1. The fourth-order valence-electron chi connectivity index (χ4n) is 3.98. The lowest BCUT2D eigenvalue weighted by molar-refractivity contribution is 0.170. The predicted molar refractivity (Wildman–Crippen MR) is 97.8 cm³/mol. The van der Waals surface area contributed by atoms with Crippen LogP contribution in [-0.2, 0) is 20.1 Å². The third-order valence-electron chi connectivity index (χ3n) is 5.24. The zero-order valence-electron chi connectivity index (χ0n) is 15.5. The maximum atomic E-state index is 12.2. The molecular formula is C19H26N4O3. The standard InChI is InChI=1S/C19H26N4O3/c1-3-23-18(20-21(2)19(23)24)15-5-4-8-22(13-15)12-14-6-7-16-17(11-14)26-10-9-25-16/h6-7,11,15H,3-5,8-10,12-13H2,1-2H3/t15-/m0/s1. The molecule has 140 valence electrons. The molecule has 0 spiro atoms. The van der Waals surface area contributed by atoms with Crippen LogP contribution in [0.4, 0.5) is 0 Å². The van der Waals surface area contributed by atoms with Crippen LogP contribution in [0, 0.1) is 0 Å². The normalized spacial score (nSPS) is 20.3. The van der Waals surface area contributed by atoms with Gasteiger partial charge >= 0.3 is 5.69 Å². The Bertz CT molecular complexity index is 842. The average molecular weight is 358 g/mol. The van der Waals surface area contributed by atoms with Gasteiger partial charge in [0.2, 0.25) is 0 Å². The smallest absolute Gasteiger partial charge is 0.345 e. The van der Waals surface area contributed by atoms with Gasteiger partial charge in [-0.1, -0.05) is 6.07 Å². The fraction of sp³-hybridized carbons (Fsp3) is 0.579. The third-order valence-corrected chi connectivity index (χ3v) is 5.24. The first-order chi connectivity index (χ1) is 12.7. The van der Waals surface area contributed by atoms with Gasteiger partial charge in [0, 0.05) is 32.6 Å². The van der Waals surface area contributed by atoms with E-state index in [9.17, 15) is 4.79 Å². The zero-order valence-corrected chi connectivity index (χ0v) is 15.5. The summed E-state index contributed by atoms with van der Waals surface area (Å²) in [4.78, 5) is 14.6. The number of likely N-dealkylation sites (tertiary alicyclic amines) is 1. The number of hydrogen-bond donors (Lipinski definition) is 0. The van der Waals surface area contributed by atoms with Gasteiger partial charge in [0.15, 0.2) is 11.5 Å². The van der Waals surface area contributed by atoms with Crippen molar-refractivity contribution in [3.63, 3.8) is 0 Å². The Labute approximate surface area is 153 Å². The lowest BCUT2D eigenvalue weighted by Crippen LogP contribution is -2.35. The van der Waals surface area contributed by atoms with Crippen molar-refractivity contribution in [3.8, 4) is 11.5 Å². The second-order valence-electron chi connectivity index (χ2n) is 7.06. The number of piperidine rings is 1. The topological polar surface area (TPSA) is 61.5 Å². The van der Waals surface area contributed by atoms with Crippen molar-refractivity contribution in [2.75, 3.05) is 26.3 Å². The second-order valence-corrected chi connectivity index (χ2v) is 7.06. The zero-order chi connectivity index (χ0) is 18.1. The molecule has 7 nitrogen and oxygen atoms in total. The number of aryl methyl sites for hydroxylation is 1. The molecule has 1 aromatic carbocycles. The summed E-state index contributed by atoms with van der Waals surface area (Å²) in [5, 5.41) is 4.51. The Balaban J connectivity index is 1.49. The van der Waals surface area contributed by atoms with Crippen molar-refractivity contribution in [2.24, 2.45) is 7.05 Å². The number of nitrogens with zero attached hydrogens (tertiary/aromatic N) is 4. The van der Waals surface area contributed by atoms with Crippen molar-refractivity contribution in [1.82, 2.24) is 19.2 Å². The summed E-state index contributed by atoms with van der Waals surface area (Å²) in [6.07, 6.45) is 2.19. The molecular weight excluding hydrogens is 332 g/mol. The monoisotopic (exact) mass is 358 g/mol. The summed E-state index contributed by atoms with van der Waals surface area (Å²) >= 11 is 0. The second kappa shape index (κ2) is 7.15. The number of aromatic nitrogens is 3. The van der Waals surface area contributed by atoms with Crippen molar-refractivity contribution in [3.05, 3.63) is 40.1 Å². The van der Waals surface area contributed by atoms with Crippen LogP contribution in [-0.4, -0.2) is 45.6 Å². The minimum Gasteiger partial charge on any atom is -0.486 e. The van der Waals surface area contributed by atoms with E-state index in [1.54, 1.807) is 11.6 Å². The molecule has 1 atom stereocenters. The molecule has 4 rings (SSSR count). The maximum absolute atomic E-state index is 12.2. The lowest BCUT2D eigenvalue weighted by atomic mass is 9.96. The Kier molecular flexibility index (Phi) is 4.72. The van der Waals surface area contributed by atoms with Gasteiger partial charge < -0.3 is 9.47 Å². The number of rotatable bonds is 4. The van der Waals surface area contributed by atoms with Crippen LogP contribution in [0.3, 0.4) is 0 Å². The minimum atomic E-state index is -0.0218. The quantitative estimate of drug-likeness (QED) is 0.833. The van der Waals surface area contributed by atoms with Crippen LogP contribution in [0.15, 0.2) is 23.0 Å². The van der Waals surface area contributed by atoms with Crippen molar-refractivity contribution >= 4 is 0 Å². The van der Waals surface area contributed by atoms with Crippen LogP contribution < -0.4 is 15.2 Å². The Hall–Kier alpha value is -2.28. The third kappa shape index (κ3) is 3.23. The van der Waals surface area contributed by atoms with Gasteiger partial charge in [-0.15, -0.1) is 0 Å². The first-order valence-electron chi connectivity index (χ1n) is 9.40. The van der Waals surface area contributed by atoms with Gasteiger partial charge in [-0.25, -0.2) is 9.48 Å². The summed E-state index contributed by atoms with van der Waals surface area (Å²) in [5.74, 6) is 2.89. The highest BCUT2D eigenvalue weighted by Gasteiger charge is 2.27. The molecule has 1 saturated heterocycles. The highest BCUT2D eigenvalue weighted by Crippen LogP contribution is 2.32. The van der Waals surface area contributed by atoms with E-state index in [1.165, 1.54) is 10.2 Å². The van der Waals surface area contributed by atoms with E-state index >= 15 is 0 Å². The molecule has 0 amide bonds. The Morgan fingerprint density at radius 2 is 2.04 bits per heavy atom. The largest absolute Gasteiger partial charge is 0.486 e. The van der Waals surface area contributed by atoms with Gasteiger partial charge in [-0.3, -0.25) is 9.47 Å². The van der Waals surface area contributed by atoms with Crippen molar-refractivity contribution < 1.29 is 9.47 Å². The summed E-state index contributed by atoms with van der Waals surface area (Å²) in [5.41, 5.74) is 1.20. The van der Waals surface area contributed by atoms with Crippen LogP contribution >= 0.6 is 0 Å². The number of hydrogen-bond acceptors (Lipinski definition) is 5. The molecule has 2 aliphatic rings. The molecule has 0 bridgehead atoms. The molecule has 0 N–H and O–H groups in total. The number of ether oxygens (including phenoxy) is 2. The van der Waals surface area contributed by atoms with Gasteiger partial charge in [0.25, 0.3) is 0 Å². The fourth-order valence-corrected chi connectivity index (χ4v) is 3.98. The highest BCUT2D eigenvalue weighted by molar-refractivity contribution is 5.43. The van der Waals surface area contributed by atoms with Gasteiger partial charge in [-0.05, 0) is 44.0 Å². The van der Waals surface area contributed by atoms with E-state index in [0.29, 0.717) is 25.7 Å². The molecule has 7 heteroatoms. The molecule has 0 aliphatic carbocycles. The molecule has 1 fully saturated rings. The van der Waals surface area contributed by atoms with Gasteiger partial charge in [-0.2, -0.15) is 5.10 Å². The minimum absolute atomic E-state index is 0.0218. The lowest BCUT2D eigenvalue weighted by Gasteiger charge is -2.32. The van der Waals surface area contributed by atoms with Gasteiger partial charge in [0.1, 0.15) is 19.0 Å². The van der Waals surface area contributed by atoms with Gasteiger partial charge in [0.05, 0.1) is 0 Å².